The molecule has 0 aromatic heterocycles. The standard InChI is InChI=1S/C20H18O4/c1-7-13-9-17(21-3)19(23-5)11-15(13)16-12-20(24-6)18(22-4)10-14(16)8-2/h1-2,9-12H,3-6H3. The molecule has 0 heterocycles. The second kappa shape index (κ2) is 7.35. The highest BCUT2D eigenvalue weighted by Gasteiger charge is 2.17. The number of hydrogen-bond acceptors (Lipinski definition) is 4. The SMILES string of the molecule is C#Cc1cc(OC)c(OC)cc1-c1cc(OC)c(OC)cc1C#C. The molecule has 0 saturated carbocycles. The van der Waals surface area contributed by atoms with Crippen molar-refractivity contribution in [2.24, 2.45) is 0 Å². The molecule has 4 heteroatoms. The van der Waals surface area contributed by atoms with E-state index in [1.54, 1.807) is 52.7 Å². The van der Waals surface area contributed by atoms with Crippen LogP contribution in [0.15, 0.2) is 24.3 Å². The molecule has 0 saturated heterocycles. The van der Waals surface area contributed by atoms with E-state index in [2.05, 4.69) is 11.8 Å². The Labute approximate surface area is 142 Å². The fourth-order valence-corrected chi connectivity index (χ4v) is 2.44. The van der Waals surface area contributed by atoms with Crippen molar-refractivity contribution in [3.05, 3.63) is 35.4 Å². The summed E-state index contributed by atoms with van der Waals surface area (Å²) in [5, 5.41) is 0. The van der Waals surface area contributed by atoms with Crippen molar-refractivity contribution in [3.63, 3.8) is 0 Å². The van der Waals surface area contributed by atoms with Crippen molar-refractivity contribution in [2.45, 2.75) is 0 Å². The van der Waals surface area contributed by atoms with Gasteiger partial charge in [0.2, 0.25) is 0 Å². The van der Waals surface area contributed by atoms with E-state index in [1.165, 1.54) is 0 Å². The van der Waals surface area contributed by atoms with Gasteiger partial charge >= 0.3 is 0 Å². The number of ether oxygens (including phenoxy) is 4. The first-order chi connectivity index (χ1) is 11.6. The highest BCUT2D eigenvalue weighted by molar-refractivity contribution is 5.81. The average molecular weight is 322 g/mol. The van der Waals surface area contributed by atoms with Gasteiger partial charge in [-0.05, 0) is 12.1 Å². The zero-order chi connectivity index (χ0) is 17.7. The number of methoxy groups -OCH3 is 4. The minimum absolute atomic E-state index is 0.553. The van der Waals surface area contributed by atoms with Crippen molar-refractivity contribution in [1.29, 1.82) is 0 Å². The molecule has 2 rings (SSSR count). The van der Waals surface area contributed by atoms with E-state index in [9.17, 15) is 0 Å². The third-order valence-corrected chi connectivity index (χ3v) is 3.65. The molecular formula is C20H18O4. The molecule has 24 heavy (non-hydrogen) atoms. The molecule has 0 aliphatic rings. The van der Waals surface area contributed by atoms with Gasteiger partial charge in [-0.3, -0.25) is 0 Å². The van der Waals surface area contributed by atoms with Crippen LogP contribution in [-0.2, 0) is 0 Å². The number of benzene rings is 2. The smallest absolute Gasteiger partial charge is 0.162 e. The predicted octanol–water partition coefficient (Wildman–Crippen LogP) is 3.35. The molecule has 0 aliphatic heterocycles. The summed E-state index contributed by atoms with van der Waals surface area (Å²) in [5.41, 5.74) is 2.78. The monoisotopic (exact) mass is 322 g/mol. The maximum atomic E-state index is 5.67. The van der Waals surface area contributed by atoms with Gasteiger partial charge in [0.05, 0.1) is 28.4 Å². The van der Waals surface area contributed by atoms with E-state index in [1.807, 2.05) is 0 Å². The van der Waals surface area contributed by atoms with E-state index < -0.39 is 0 Å². The van der Waals surface area contributed by atoms with Crippen LogP contribution >= 0.6 is 0 Å². The Balaban J connectivity index is 2.81. The zero-order valence-electron chi connectivity index (χ0n) is 14.1. The molecule has 0 unspecified atom stereocenters. The summed E-state index contributed by atoms with van der Waals surface area (Å²) in [4.78, 5) is 0. The van der Waals surface area contributed by atoms with Crippen molar-refractivity contribution >= 4 is 0 Å². The lowest BCUT2D eigenvalue weighted by Gasteiger charge is -2.16. The van der Waals surface area contributed by atoms with E-state index in [-0.39, 0.29) is 0 Å². The first-order valence-electron chi connectivity index (χ1n) is 7.09. The Kier molecular flexibility index (Phi) is 5.24. The van der Waals surface area contributed by atoms with Crippen LogP contribution in [-0.4, -0.2) is 28.4 Å². The van der Waals surface area contributed by atoms with Crippen molar-refractivity contribution in [3.8, 4) is 58.8 Å². The third-order valence-electron chi connectivity index (χ3n) is 3.65. The van der Waals surface area contributed by atoms with Crippen LogP contribution in [0.25, 0.3) is 11.1 Å². The Morgan fingerprint density at radius 2 is 0.875 bits per heavy atom. The van der Waals surface area contributed by atoms with Gasteiger partial charge in [0.25, 0.3) is 0 Å². The fraction of sp³-hybridized carbons (Fsp3) is 0.200. The second-order valence-corrected chi connectivity index (χ2v) is 4.79. The predicted molar refractivity (Wildman–Crippen MR) is 94.0 cm³/mol. The normalized spacial score (nSPS) is 9.58. The van der Waals surface area contributed by atoms with Gasteiger partial charge < -0.3 is 18.9 Å². The van der Waals surface area contributed by atoms with Crippen molar-refractivity contribution < 1.29 is 18.9 Å². The molecule has 0 spiro atoms. The Morgan fingerprint density at radius 1 is 0.583 bits per heavy atom. The van der Waals surface area contributed by atoms with Gasteiger partial charge in [-0.2, -0.15) is 0 Å². The van der Waals surface area contributed by atoms with Gasteiger partial charge in [-0.15, -0.1) is 12.8 Å². The molecule has 2 aromatic rings. The zero-order valence-corrected chi connectivity index (χ0v) is 14.1. The third kappa shape index (κ3) is 2.95. The van der Waals surface area contributed by atoms with Crippen molar-refractivity contribution in [2.75, 3.05) is 28.4 Å². The summed E-state index contributed by atoms with van der Waals surface area (Å²) in [6.07, 6.45) is 11.3. The summed E-state index contributed by atoms with van der Waals surface area (Å²) < 4.78 is 21.3. The van der Waals surface area contributed by atoms with Crippen molar-refractivity contribution in [1.82, 2.24) is 0 Å². The maximum absolute atomic E-state index is 5.67. The largest absolute Gasteiger partial charge is 0.493 e. The Morgan fingerprint density at radius 3 is 1.12 bits per heavy atom. The minimum Gasteiger partial charge on any atom is -0.493 e. The van der Waals surface area contributed by atoms with Gasteiger partial charge in [-0.1, -0.05) is 11.8 Å². The summed E-state index contributed by atoms with van der Waals surface area (Å²) in [7, 11) is 6.24. The van der Waals surface area contributed by atoms with Gasteiger partial charge in [0, 0.05) is 34.4 Å². The Hall–Kier alpha value is -3.24. The molecule has 0 bridgehead atoms. The number of terminal acetylenes is 2. The van der Waals surface area contributed by atoms with E-state index in [4.69, 9.17) is 31.8 Å². The van der Waals surface area contributed by atoms with Crippen LogP contribution in [0, 0.1) is 24.7 Å². The molecule has 0 radical (unpaired) electrons. The summed E-state index contributed by atoms with van der Waals surface area (Å²) in [5.74, 6) is 7.55. The molecule has 0 amide bonds. The molecule has 4 nitrogen and oxygen atoms in total. The molecule has 2 aromatic carbocycles. The lowest BCUT2D eigenvalue weighted by Crippen LogP contribution is -1.97. The van der Waals surface area contributed by atoms with Gasteiger partial charge in [0.15, 0.2) is 23.0 Å². The number of hydrogen-bond donors (Lipinski definition) is 0. The lowest BCUT2D eigenvalue weighted by atomic mass is 9.94. The van der Waals surface area contributed by atoms with Crippen LogP contribution in [0.1, 0.15) is 11.1 Å². The molecule has 122 valence electrons. The molecule has 0 N–H and O–H groups in total. The van der Waals surface area contributed by atoms with E-state index >= 15 is 0 Å². The summed E-state index contributed by atoms with van der Waals surface area (Å²) in [6.45, 7) is 0. The lowest BCUT2D eigenvalue weighted by molar-refractivity contribution is 0.354. The highest BCUT2D eigenvalue weighted by Crippen LogP contribution is 2.40. The molecule has 0 atom stereocenters. The van der Waals surface area contributed by atoms with Gasteiger partial charge in [0.1, 0.15) is 0 Å². The van der Waals surface area contributed by atoms with E-state index in [0.717, 1.165) is 11.1 Å². The van der Waals surface area contributed by atoms with Crippen LogP contribution < -0.4 is 18.9 Å². The summed E-state index contributed by atoms with van der Waals surface area (Å²) >= 11 is 0. The van der Waals surface area contributed by atoms with E-state index in [0.29, 0.717) is 34.1 Å². The average Bonchev–Trinajstić information content (AvgIpc) is 2.65. The quantitative estimate of drug-likeness (QED) is 0.791. The topological polar surface area (TPSA) is 36.9 Å². The summed E-state index contributed by atoms with van der Waals surface area (Å²) in [6, 6.07) is 7.09. The number of rotatable bonds is 5. The second-order valence-electron chi connectivity index (χ2n) is 4.79. The maximum Gasteiger partial charge on any atom is 0.162 e. The van der Waals surface area contributed by atoms with Gasteiger partial charge in [-0.25, -0.2) is 0 Å². The molecule has 0 fully saturated rings. The first-order valence-corrected chi connectivity index (χ1v) is 7.09. The van der Waals surface area contributed by atoms with Crippen LogP contribution in [0.5, 0.6) is 23.0 Å². The first kappa shape index (κ1) is 17.1. The molecule has 0 aliphatic carbocycles. The minimum atomic E-state index is 0.553. The highest BCUT2D eigenvalue weighted by atomic mass is 16.5. The fourth-order valence-electron chi connectivity index (χ4n) is 2.44. The van der Waals surface area contributed by atoms with Crippen LogP contribution in [0.4, 0.5) is 0 Å². The Bertz CT molecular complexity index is 767. The van der Waals surface area contributed by atoms with Crippen LogP contribution in [0.3, 0.4) is 0 Å². The van der Waals surface area contributed by atoms with Crippen LogP contribution in [0.2, 0.25) is 0 Å². The molecular weight excluding hydrogens is 304 g/mol.